The molecule has 0 spiro atoms. The van der Waals surface area contributed by atoms with Crippen molar-refractivity contribution in [1.82, 2.24) is 10.2 Å². The highest BCUT2D eigenvalue weighted by Gasteiger charge is 2.26. The van der Waals surface area contributed by atoms with E-state index in [1.54, 1.807) is 23.1 Å². The van der Waals surface area contributed by atoms with Gasteiger partial charge in [0.2, 0.25) is 0 Å². The van der Waals surface area contributed by atoms with Gasteiger partial charge in [0.1, 0.15) is 11.9 Å². The van der Waals surface area contributed by atoms with Gasteiger partial charge in [0, 0.05) is 31.9 Å². The monoisotopic (exact) mass is 366 g/mol. The Bertz CT molecular complexity index is 580. The number of halogens is 1. The zero-order valence-electron chi connectivity index (χ0n) is 15.0. The average molecular weight is 366 g/mol. The van der Waals surface area contributed by atoms with Crippen LogP contribution in [0.3, 0.4) is 0 Å². The lowest BCUT2D eigenvalue weighted by Crippen LogP contribution is -2.47. The Hall–Kier alpha value is -1.70. The molecule has 0 saturated carbocycles. The molecule has 0 unspecified atom stereocenters. The molecule has 2 fully saturated rings. The van der Waals surface area contributed by atoms with Crippen LogP contribution in [0.15, 0.2) is 24.3 Å². The summed E-state index contributed by atoms with van der Waals surface area (Å²) >= 11 is 0. The molecule has 2 aliphatic rings. The minimum Gasteiger partial charge on any atom is -0.379 e. The molecule has 2 aliphatic heterocycles. The number of rotatable bonds is 7. The van der Waals surface area contributed by atoms with Crippen molar-refractivity contribution in [2.24, 2.45) is 0 Å². The molecule has 26 heavy (non-hydrogen) atoms. The van der Waals surface area contributed by atoms with Crippen molar-refractivity contribution in [3.05, 3.63) is 35.6 Å². The molecule has 0 aliphatic carbocycles. The number of ether oxygens (including phenoxy) is 3. The van der Waals surface area contributed by atoms with Gasteiger partial charge in [-0.2, -0.15) is 0 Å². The number of urea groups is 1. The van der Waals surface area contributed by atoms with Crippen LogP contribution in [-0.2, 0) is 14.2 Å². The molecule has 0 bridgehead atoms. The molecule has 0 radical (unpaired) electrons. The predicted octanol–water partition coefficient (Wildman–Crippen LogP) is 2.49. The van der Waals surface area contributed by atoms with Crippen molar-refractivity contribution in [3.8, 4) is 0 Å². The van der Waals surface area contributed by atoms with Gasteiger partial charge in [0.25, 0.3) is 0 Å². The van der Waals surface area contributed by atoms with Gasteiger partial charge in [-0.05, 0) is 25.3 Å². The number of carbonyl (C=O) groups excluding carboxylic acids is 1. The zero-order chi connectivity index (χ0) is 18.2. The minimum atomic E-state index is -0.426. The number of benzene rings is 1. The van der Waals surface area contributed by atoms with E-state index in [1.165, 1.54) is 6.07 Å². The van der Waals surface area contributed by atoms with Crippen molar-refractivity contribution in [3.63, 3.8) is 0 Å². The van der Waals surface area contributed by atoms with Crippen LogP contribution in [0.25, 0.3) is 0 Å². The highest BCUT2D eigenvalue weighted by Crippen LogP contribution is 2.24. The smallest absolute Gasteiger partial charge is 0.317 e. The lowest BCUT2D eigenvalue weighted by molar-refractivity contribution is -0.0172. The maximum absolute atomic E-state index is 13.9. The van der Waals surface area contributed by atoms with Crippen LogP contribution in [0.2, 0.25) is 0 Å². The summed E-state index contributed by atoms with van der Waals surface area (Å²) in [5, 5.41) is 2.89. The molecule has 1 N–H and O–H groups in total. The Balaban J connectivity index is 1.34. The summed E-state index contributed by atoms with van der Waals surface area (Å²) in [5.74, 6) is -0.303. The van der Waals surface area contributed by atoms with Crippen LogP contribution in [0.1, 0.15) is 30.9 Å². The third kappa shape index (κ3) is 5.40. The number of nitrogens with one attached hydrogen (secondary N) is 1. The van der Waals surface area contributed by atoms with Crippen LogP contribution < -0.4 is 5.32 Å². The minimum absolute atomic E-state index is 0.145. The second-order valence-corrected chi connectivity index (χ2v) is 6.62. The van der Waals surface area contributed by atoms with E-state index in [1.807, 2.05) is 0 Å². The fourth-order valence-electron chi connectivity index (χ4n) is 3.23. The van der Waals surface area contributed by atoms with E-state index in [0.717, 1.165) is 25.9 Å². The van der Waals surface area contributed by atoms with E-state index >= 15 is 0 Å². The zero-order valence-corrected chi connectivity index (χ0v) is 15.0. The quantitative estimate of drug-likeness (QED) is 0.754. The fourth-order valence-corrected chi connectivity index (χ4v) is 3.23. The second-order valence-electron chi connectivity index (χ2n) is 6.62. The Morgan fingerprint density at radius 3 is 3.00 bits per heavy atom. The van der Waals surface area contributed by atoms with E-state index in [4.69, 9.17) is 14.2 Å². The van der Waals surface area contributed by atoms with Crippen molar-refractivity contribution in [1.29, 1.82) is 0 Å². The number of hydrogen-bond acceptors (Lipinski definition) is 4. The van der Waals surface area contributed by atoms with Gasteiger partial charge in [-0.1, -0.05) is 18.2 Å². The van der Waals surface area contributed by atoms with E-state index in [-0.39, 0.29) is 18.0 Å². The van der Waals surface area contributed by atoms with Crippen LogP contribution in [-0.4, -0.2) is 63.1 Å². The summed E-state index contributed by atoms with van der Waals surface area (Å²) in [4.78, 5) is 14.0. The molecule has 0 aromatic heterocycles. The summed E-state index contributed by atoms with van der Waals surface area (Å²) in [6, 6.07) is 6.39. The van der Waals surface area contributed by atoms with Gasteiger partial charge in [-0.25, -0.2) is 9.18 Å². The van der Waals surface area contributed by atoms with Crippen LogP contribution >= 0.6 is 0 Å². The Labute approximate surface area is 153 Å². The molecular weight excluding hydrogens is 339 g/mol. The Kier molecular flexibility index (Phi) is 7.22. The third-order valence-corrected chi connectivity index (χ3v) is 4.68. The Morgan fingerprint density at radius 1 is 1.31 bits per heavy atom. The molecule has 6 nitrogen and oxygen atoms in total. The topological polar surface area (TPSA) is 60.0 Å². The summed E-state index contributed by atoms with van der Waals surface area (Å²) in [6.45, 7) is 3.86. The lowest BCUT2D eigenvalue weighted by atomic mass is 10.1. The first-order valence-electron chi connectivity index (χ1n) is 9.32. The number of carbonyl (C=O) groups is 1. The van der Waals surface area contributed by atoms with E-state index < -0.39 is 6.10 Å². The first-order valence-corrected chi connectivity index (χ1v) is 9.32. The number of morpholine rings is 1. The number of amides is 2. The molecule has 2 amide bonds. The van der Waals surface area contributed by atoms with Gasteiger partial charge in [-0.3, -0.25) is 0 Å². The highest BCUT2D eigenvalue weighted by molar-refractivity contribution is 5.74. The second kappa shape index (κ2) is 9.85. The van der Waals surface area contributed by atoms with Gasteiger partial charge < -0.3 is 24.4 Å². The summed E-state index contributed by atoms with van der Waals surface area (Å²) in [7, 11) is 0. The van der Waals surface area contributed by atoms with Crippen molar-refractivity contribution in [2.75, 3.05) is 46.1 Å². The maximum atomic E-state index is 13.9. The lowest BCUT2D eigenvalue weighted by Gasteiger charge is -2.33. The van der Waals surface area contributed by atoms with Gasteiger partial charge in [-0.15, -0.1) is 0 Å². The summed E-state index contributed by atoms with van der Waals surface area (Å²) < 4.78 is 30.6. The predicted molar refractivity (Wildman–Crippen MR) is 94.5 cm³/mol. The molecule has 1 aromatic rings. The van der Waals surface area contributed by atoms with Crippen molar-refractivity contribution < 1.29 is 23.4 Å². The molecule has 1 aromatic carbocycles. The molecule has 7 heteroatoms. The molecular formula is C19H27FN2O4. The Morgan fingerprint density at radius 2 is 2.19 bits per heavy atom. The van der Waals surface area contributed by atoms with Crippen LogP contribution in [0, 0.1) is 5.82 Å². The van der Waals surface area contributed by atoms with Crippen molar-refractivity contribution in [2.45, 2.75) is 31.5 Å². The average Bonchev–Trinajstić information content (AvgIpc) is 3.18. The van der Waals surface area contributed by atoms with Gasteiger partial charge in [0.05, 0.1) is 25.9 Å². The van der Waals surface area contributed by atoms with E-state index in [9.17, 15) is 9.18 Å². The molecule has 2 heterocycles. The van der Waals surface area contributed by atoms with Crippen LogP contribution in [0.5, 0.6) is 0 Å². The molecule has 2 atom stereocenters. The fraction of sp³-hybridized carbons (Fsp3) is 0.632. The maximum Gasteiger partial charge on any atom is 0.317 e. The number of nitrogens with zero attached hydrogens (tertiary/aromatic N) is 1. The number of hydrogen-bond donors (Lipinski definition) is 1. The van der Waals surface area contributed by atoms with Crippen LogP contribution in [0.4, 0.5) is 9.18 Å². The SMILES string of the molecule is O=C(NCCCOC[C@@H]1CCCO1)N1CCO[C@H](c2ccccc2F)C1. The van der Waals surface area contributed by atoms with E-state index in [2.05, 4.69) is 5.32 Å². The molecule has 2 saturated heterocycles. The first kappa shape index (κ1) is 19.1. The third-order valence-electron chi connectivity index (χ3n) is 4.68. The highest BCUT2D eigenvalue weighted by atomic mass is 19.1. The summed E-state index contributed by atoms with van der Waals surface area (Å²) in [6.07, 6.45) is 2.73. The van der Waals surface area contributed by atoms with Gasteiger partial charge >= 0.3 is 6.03 Å². The van der Waals surface area contributed by atoms with E-state index in [0.29, 0.717) is 45.0 Å². The largest absolute Gasteiger partial charge is 0.379 e. The summed E-state index contributed by atoms with van der Waals surface area (Å²) in [5.41, 5.74) is 0.493. The van der Waals surface area contributed by atoms with Crippen molar-refractivity contribution >= 4 is 6.03 Å². The molecule has 3 rings (SSSR count). The normalized spacial score (nSPS) is 23.2. The molecule has 144 valence electrons. The first-order chi connectivity index (χ1) is 12.7. The van der Waals surface area contributed by atoms with Gasteiger partial charge in [0.15, 0.2) is 0 Å². The standard InChI is InChI=1S/C19H27FN2O4/c20-17-7-2-1-6-16(17)18-13-22(9-12-26-18)19(23)21-8-4-10-24-14-15-5-3-11-25-15/h1-2,6-7,15,18H,3-5,8-14H2,(H,21,23)/t15-,18-/m0/s1.